The second-order valence-corrected chi connectivity index (χ2v) is 9.89. The first-order valence-corrected chi connectivity index (χ1v) is 11.2. The molecule has 0 N–H and O–H groups in total. The van der Waals surface area contributed by atoms with Crippen molar-refractivity contribution in [1.29, 1.82) is 0 Å². The molecule has 1 heterocycles. The molecule has 0 saturated carbocycles. The molecule has 144 valence electrons. The van der Waals surface area contributed by atoms with Gasteiger partial charge >= 0.3 is 5.97 Å². The highest BCUT2D eigenvalue weighted by Crippen LogP contribution is 2.47. The minimum Gasteiger partial charge on any atom is -0.459 e. The van der Waals surface area contributed by atoms with Crippen LogP contribution in [0.5, 0.6) is 0 Å². The molecule has 0 radical (unpaired) electrons. The third-order valence-electron chi connectivity index (χ3n) is 4.28. The Labute approximate surface area is 167 Å². The van der Waals surface area contributed by atoms with Crippen molar-refractivity contribution < 1.29 is 13.7 Å². The van der Waals surface area contributed by atoms with Gasteiger partial charge in [-0.3, -0.25) is 4.79 Å². The van der Waals surface area contributed by atoms with Gasteiger partial charge < -0.3 is 4.74 Å². The molecule has 3 rings (SSSR count). The highest BCUT2D eigenvalue weighted by atomic mass is 32.2. The number of nitrogens with zero attached hydrogens (tertiary/aromatic N) is 1. The van der Waals surface area contributed by atoms with E-state index in [2.05, 4.69) is 0 Å². The lowest BCUT2D eigenvalue weighted by molar-refractivity contribution is -0.154. The standard InChI is InChI=1S/C21H25NO3S2/c1-14-6-12-17(13-7-14)27(24)22-18(15-8-10-16(26-5)11-9-15)19(22)20(23)25-21(2,3)4/h6-13,18-19H,1-5H3/t18-,19-,22?,27-/m0/s1. The van der Waals surface area contributed by atoms with Gasteiger partial charge in [0.2, 0.25) is 0 Å². The van der Waals surface area contributed by atoms with E-state index in [1.54, 1.807) is 16.1 Å². The fourth-order valence-corrected chi connectivity index (χ4v) is 4.74. The zero-order valence-corrected chi connectivity index (χ0v) is 17.9. The van der Waals surface area contributed by atoms with Gasteiger partial charge in [-0.15, -0.1) is 11.8 Å². The summed E-state index contributed by atoms with van der Waals surface area (Å²) in [5.41, 5.74) is 1.50. The summed E-state index contributed by atoms with van der Waals surface area (Å²) in [6, 6.07) is 14.8. The van der Waals surface area contributed by atoms with E-state index < -0.39 is 22.6 Å². The minimum atomic E-state index is -1.42. The van der Waals surface area contributed by atoms with Crippen LogP contribution in [0, 0.1) is 6.92 Å². The van der Waals surface area contributed by atoms with E-state index in [1.165, 1.54) is 0 Å². The summed E-state index contributed by atoms with van der Waals surface area (Å²) in [5, 5.41) is 0. The first-order valence-electron chi connectivity index (χ1n) is 8.85. The molecule has 1 aliphatic rings. The van der Waals surface area contributed by atoms with Crippen LogP contribution in [0.4, 0.5) is 0 Å². The van der Waals surface area contributed by atoms with Gasteiger partial charge in [-0.1, -0.05) is 29.8 Å². The first-order chi connectivity index (χ1) is 12.7. The Balaban J connectivity index is 1.88. The molecule has 0 aliphatic carbocycles. The third kappa shape index (κ3) is 4.62. The monoisotopic (exact) mass is 403 g/mol. The molecule has 4 atom stereocenters. The Hall–Kier alpha value is -1.63. The maximum Gasteiger partial charge on any atom is 0.326 e. The van der Waals surface area contributed by atoms with Gasteiger partial charge in [0.1, 0.15) is 22.6 Å². The number of benzene rings is 2. The fraction of sp³-hybridized carbons (Fsp3) is 0.381. The summed E-state index contributed by atoms with van der Waals surface area (Å²) in [6.45, 7) is 7.52. The molecule has 27 heavy (non-hydrogen) atoms. The van der Waals surface area contributed by atoms with Gasteiger partial charge in [0.25, 0.3) is 0 Å². The van der Waals surface area contributed by atoms with E-state index in [1.807, 2.05) is 82.5 Å². The van der Waals surface area contributed by atoms with Crippen LogP contribution in [-0.2, 0) is 20.5 Å². The van der Waals surface area contributed by atoms with Crippen LogP contribution in [0.3, 0.4) is 0 Å². The van der Waals surface area contributed by atoms with Gasteiger partial charge in [-0.25, -0.2) is 4.21 Å². The van der Waals surface area contributed by atoms with Gasteiger partial charge in [0, 0.05) is 4.90 Å². The van der Waals surface area contributed by atoms with E-state index >= 15 is 0 Å². The molecule has 0 amide bonds. The van der Waals surface area contributed by atoms with Crippen molar-refractivity contribution in [1.82, 2.24) is 4.31 Å². The largest absolute Gasteiger partial charge is 0.459 e. The lowest BCUT2D eigenvalue weighted by atomic mass is 10.1. The molecule has 6 heteroatoms. The molecule has 2 aromatic rings. The lowest BCUT2D eigenvalue weighted by Crippen LogP contribution is -2.28. The highest BCUT2D eigenvalue weighted by Gasteiger charge is 2.58. The molecule has 1 unspecified atom stereocenters. The number of carbonyl (C=O) groups excluding carboxylic acids is 1. The van der Waals surface area contributed by atoms with Crippen molar-refractivity contribution in [3.63, 3.8) is 0 Å². The van der Waals surface area contributed by atoms with E-state index in [-0.39, 0.29) is 12.0 Å². The van der Waals surface area contributed by atoms with Crippen molar-refractivity contribution in [3.05, 3.63) is 59.7 Å². The third-order valence-corrected chi connectivity index (χ3v) is 6.53. The number of esters is 1. The van der Waals surface area contributed by atoms with E-state index in [4.69, 9.17) is 4.74 Å². The van der Waals surface area contributed by atoms with Crippen LogP contribution in [-0.4, -0.2) is 32.4 Å². The molecule has 1 aliphatic heterocycles. The van der Waals surface area contributed by atoms with Crippen molar-refractivity contribution in [3.8, 4) is 0 Å². The van der Waals surface area contributed by atoms with Gasteiger partial charge in [0.15, 0.2) is 0 Å². The highest BCUT2D eigenvalue weighted by molar-refractivity contribution is 7.98. The summed E-state index contributed by atoms with van der Waals surface area (Å²) in [7, 11) is -1.42. The number of rotatable bonds is 5. The number of aryl methyl sites for hydroxylation is 1. The molecular weight excluding hydrogens is 378 g/mol. The summed E-state index contributed by atoms with van der Waals surface area (Å²) in [5.74, 6) is -0.332. The Kier molecular flexibility index (Phi) is 5.79. The average molecular weight is 404 g/mol. The Bertz CT molecular complexity index is 841. The van der Waals surface area contributed by atoms with E-state index in [0.717, 1.165) is 16.0 Å². The number of ether oxygens (including phenoxy) is 1. The van der Waals surface area contributed by atoms with Crippen LogP contribution >= 0.6 is 11.8 Å². The molecule has 0 bridgehead atoms. The predicted octanol–water partition coefficient (Wildman–Crippen LogP) is 4.51. The second kappa shape index (κ2) is 7.78. The van der Waals surface area contributed by atoms with Gasteiger partial charge in [-0.2, -0.15) is 4.31 Å². The second-order valence-electron chi connectivity index (χ2n) is 7.62. The average Bonchev–Trinajstić information content (AvgIpc) is 3.36. The smallest absolute Gasteiger partial charge is 0.326 e. The number of hydrogen-bond donors (Lipinski definition) is 0. The zero-order chi connectivity index (χ0) is 19.8. The van der Waals surface area contributed by atoms with Gasteiger partial charge in [0.05, 0.1) is 10.9 Å². The normalized spacial score (nSPS) is 22.9. The predicted molar refractivity (Wildman–Crippen MR) is 110 cm³/mol. The number of hydrogen-bond acceptors (Lipinski definition) is 4. The van der Waals surface area contributed by atoms with Crippen LogP contribution in [0.15, 0.2) is 58.3 Å². The maximum atomic E-state index is 13.1. The Morgan fingerprint density at radius 2 is 1.67 bits per heavy atom. The quantitative estimate of drug-likeness (QED) is 0.419. The summed E-state index contributed by atoms with van der Waals surface area (Å²) in [4.78, 5) is 14.6. The lowest BCUT2D eigenvalue weighted by Gasteiger charge is -2.19. The van der Waals surface area contributed by atoms with Crippen molar-refractivity contribution in [2.45, 2.75) is 55.2 Å². The van der Waals surface area contributed by atoms with Crippen LogP contribution in [0.2, 0.25) is 0 Å². The van der Waals surface area contributed by atoms with Crippen molar-refractivity contribution in [2.75, 3.05) is 6.26 Å². The molecule has 2 aromatic carbocycles. The molecule has 0 aromatic heterocycles. The summed E-state index contributed by atoms with van der Waals surface area (Å²) < 4.78 is 20.4. The Morgan fingerprint density at radius 3 is 2.19 bits per heavy atom. The molecule has 1 saturated heterocycles. The number of thioether (sulfide) groups is 1. The molecular formula is C21H25NO3S2. The van der Waals surface area contributed by atoms with E-state index in [0.29, 0.717) is 4.90 Å². The van der Waals surface area contributed by atoms with Crippen LogP contribution in [0.1, 0.15) is 37.9 Å². The molecule has 1 fully saturated rings. The maximum absolute atomic E-state index is 13.1. The minimum absolute atomic E-state index is 0.238. The van der Waals surface area contributed by atoms with Gasteiger partial charge in [-0.05, 0) is 63.8 Å². The molecule has 0 spiro atoms. The van der Waals surface area contributed by atoms with Crippen LogP contribution in [0.25, 0.3) is 0 Å². The zero-order valence-electron chi connectivity index (χ0n) is 16.3. The van der Waals surface area contributed by atoms with Crippen molar-refractivity contribution >= 4 is 28.7 Å². The Morgan fingerprint density at radius 1 is 1.07 bits per heavy atom. The first kappa shape index (κ1) is 20.1. The van der Waals surface area contributed by atoms with Crippen molar-refractivity contribution in [2.24, 2.45) is 0 Å². The van der Waals surface area contributed by atoms with Crippen LogP contribution < -0.4 is 0 Å². The SMILES string of the molecule is CSc1ccc([C@H]2[C@@H](C(=O)OC(C)(C)C)N2[S@@](=O)c2ccc(C)cc2)cc1. The topological polar surface area (TPSA) is 46.4 Å². The molecule has 4 nitrogen and oxygen atoms in total. The number of carbonyl (C=O) groups is 1. The fourth-order valence-electron chi connectivity index (χ4n) is 2.92. The summed E-state index contributed by atoms with van der Waals surface area (Å²) in [6.07, 6.45) is 2.02. The van der Waals surface area contributed by atoms with E-state index in [9.17, 15) is 9.00 Å². The summed E-state index contributed by atoms with van der Waals surface area (Å²) >= 11 is 1.66.